The van der Waals surface area contributed by atoms with Gasteiger partial charge in [-0.1, -0.05) is 13.0 Å². The Hall–Kier alpha value is -3.03. The standard InChI is InChI=1S/C20H21N5O2.H3O4P/c1-12-11-25(18(26)4-7-21)9-6-14(12)16-10-17(24-20(27)13-2-3-13)23-19-15(16)5-8-22-19;1-5(2,3)4/h5-6,8,10,12-13H,2-4,9,11H2,1H3,(H2,22,23,24,27);(H3,1,2,3,4)/t12-;/m1./s1. The van der Waals surface area contributed by atoms with Crippen LogP contribution in [0.2, 0.25) is 0 Å². The average molecular weight is 461 g/mol. The number of aromatic amines is 1. The van der Waals surface area contributed by atoms with Crippen molar-refractivity contribution in [3.05, 3.63) is 30.0 Å². The quantitative estimate of drug-likeness (QED) is 0.427. The first-order valence-corrected chi connectivity index (χ1v) is 11.6. The molecule has 4 rings (SSSR count). The summed E-state index contributed by atoms with van der Waals surface area (Å²) in [4.78, 5) is 55.1. The predicted molar refractivity (Wildman–Crippen MR) is 116 cm³/mol. The number of amides is 2. The van der Waals surface area contributed by atoms with Crippen molar-refractivity contribution in [2.45, 2.75) is 26.2 Å². The summed E-state index contributed by atoms with van der Waals surface area (Å²) in [6, 6.07) is 5.82. The number of nitriles is 1. The highest BCUT2D eigenvalue weighted by molar-refractivity contribution is 7.45. The molecule has 2 aliphatic rings. The first-order valence-electron chi connectivity index (χ1n) is 9.99. The fourth-order valence-electron chi connectivity index (χ4n) is 3.59. The van der Waals surface area contributed by atoms with Gasteiger partial charge in [0.25, 0.3) is 0 Å². The van der Waals surface area contributed by atoms with Crippen LogP contribution >= 0.6 is 7.82 Å². The van der Waals surface area contributed by atoms with Gasteiger partial charge in [-0.3, -0.25) is 9.59 Å². The molecule has 1 saturated carbocycles. The van der Waals surface area contributed by atoms with Gasteiger partial charge in [0, 0.05) is 30.6 Å². The molecule has 11 nitrogen and oxygen atoms in total. The Bertz CT molecular complexity index is 1130. The Morgan fingerprint density at radius 2 is 2.06 bits per heavy atom. The Kier molecular flexibility index (Phi) is 7.11. The second-order valence-electron chi connectivity index (χ2n) is 7.77. The highest BCUT2D eigenvalue weighted by Gasteiger charge is 2.30. The van der Waals surface area contributed by atoms with Crippen molar-refractivity contribution >= 4 is 42.1 Å². The van der Waals surface area contributed by atoms with E-state index in [-0.39, 0.29) is 30.1 Å². The number of nitrogens with one attached hydrogen (secondary N) is 2. The molecule has 1 atom stereocenters. The minimum Gasteiger partial charge on any atom is -0.346 e. The molecule has 32 heavy (non-hydrogen) atoms. The van der Waals surface area contributed by atoms with E-state index in [0.717, 1.165) is 35.0 Å². The molecule has 0 saturated heterocycles. The number of carbonyl (C=O) groups is 2. The molecule has 170 valence electrons. The number of phosphoric acid groups is 1. The number of hydrogen-bond acceptors (Lipinski definition) is 5. The van der Waals surface area contributed by atoms with Crippen LogP contribution in [-0.4, -0.2) is 54.5 Å². The number of hydrogen-bond donors (Lipinski definition) is 5. The maximum absolute atomic E-state index is 12.1. The highest BCUT2D eigenvalue weighted by Crippen LogP contribution is 2.35. The first kappa shape index (κ1) is 23.6. The van der Waals surface area contributed by atoms with Crippen LogP contribution in [0.3, 0.4) is 0 Å². The van der Waals surface area contributed by atoms with Crippen LogP contribution < -0.4 is 5.32 Å². The average Bonchev–Trinajstić information content (AvgIpc) is 3.44. The van der Waals surface area contributed by atoms with Gasteiger partial charge in [-0.15, -0.1) is 0 Å². The van der Waals surface area contributed by atoms with Crippen LogP contribution in [0.5, 0.6) is 0 Å². The summed E-state index contributed by atoms with van der Waals surface area (Å²) in [7, 11) is -4.64. The van der Waals surface area contributed by atoms with E-state index < -0.39 is 7.82 Å². The molecule has 0 spiro atoms. The second kappa shape index (κ2) is 9.63. The predicted octanol–water partition coefficient (Wildman–Crippen LogP) is 1.76. The normalized spacial score (nSPS) is 18.3. The summed E-state index contributed by atoms with van der Waals surface area (Å²) >= 11 is 0. The lowest BCUT2D eigenvalue weighted by Crippen LogP contribution is -2.37. The lowest BCUT2D eigenvalue weighted by atomic mass is 9.89. The number of rotatable bonds is 4. The van der Waals surface area contributed by atoms with E-state index in [2.05, 4.69) is 22.2 Å². The minimum absolute atomic E-state index is 0.0262. The Balaban J connectivity index is 0.000000523. The van der Waals surface area contributed by atoms with E-state index in [1.54, 1.807) is 4.90 Å². The molecule has 2 aromatic heterocycles. The van der Waals surface area contributed by atoms with E-state index in [1.165, 1.54) is 0 Å². The van der Waals surface area contributed by atoms with E-state index >= 15 is 0 Å². The lowest BCUT2D eigenvalue weighted by molar-refractivity contribution is -0.130. The summed E-state index contributed by atoms with van der Waals surface area (Å²) in [6.07, 6.45) is 5.67. The molecular weight excluding hydrogens is 437 g/mol. The van der Waals surface area contributed by atoms with Gasteiger partial charge in [0.1, 0.15) is 17.9 Å². The highest BCUT2D eigenvalue weighted by atomic mass is 31.2. The summed E-state index contributed by atoms with van der Waals surface area (Å²) in [5.41, 5.74) is 2.88. The zero-order valence-electron chi connectivity index (χ0n) is 17.4. The molecule has 1 aliphatic carbocycles. The van der Waals surface area contributed by atoms with Gasteiger partial charge < -0.3 is 29.9 Å². The fourth-order valence-corrected chi connectivity index (χ4v) is 3.59. The van der Waals surface area contributed by atoms with Gasteiger partial charge in [0.05, 0.1) is 6.07 Å². The summed E-state index contributed by atoms with van der Waals surface area (Å²) in [5.74, 6) is 0.667. The van der Waals surface area contributed by atoms with Gasteiger partial charge in [-0.05, 0) is 42.0 Å². The largest absolute Gasteiger partial charge is 0.466 e. The molecule has 1 fully saturated rings. The molecule has 2 aromatic rings. The van der Waals surface area contributed by atoms with Crippen molar-refractivity contribution in [3.8, 4) is 6.07 Å². The van der Waals surface area contributed by atoms with Crippen molar-refractivity contribution in [1.29, 1.82) is 5.26 Å². The monoisotopic (exact) mass is 461 g/mol. The number of anilines is 1. The third-order valence-corrected chi connectivity index (χ3v) is 5.18. The third-order valence-electron chi connectivity index (χ3n) is 5.18. The Morgan fingerprint density at radius 3 is 2.66 bits per heavy atom. The number of pyridine rings is 1. The molecule has 3 heterocycles. The van der Waals surface area contributed by atoms with E-state index in [9.17, 15) is 9.59 Å². The number of nitrogens with zero attached hydrogens (tertiary/aromatic N) is 3. The minimum atomic E-state index is -4.64. The van der Waals surface area contributed by atoms with Crippen molar-refractivity contribution in [1.82, 2.24) is 14.9 Å². The zero-order chi connectivity index (χ0) is 23.5. The van der Waals surface area contributed by atoms with Crippen molar-refractivity contribution < 1.29 is 28.8 Å². The summed E-state index contributed by atoms with van der Waals surface area (Å²) < 4.78 is 8.88. The van der Waals surface area contributed by atoms with Gasteiger partial charge in [-0.2, -0.15) is 5.26 Å². The number of aromatic nitrogens is 2. The Morgan fingerprint density at radius 1 is 1.38 bits per heavy atom. The molecule has 2 amide bonds. The van der Waals surface area contributed by atoms with Gasteiger partial charge >= 0.3 is 7.82 Å². The van der Waals surface area contributed by atoms with Crippen LogP contribution in [0.1, 0.15) is 31.7 Å². The Labute approximate surface area is 184 Å². The van der Waals surface area contributed by atoms with Crippen LogP contribution in [-0.2, 0) is 14.2 Å². The number of carbonyl (C=O) groups excluding carboxylic acids is 2. The third kappa shape index (κ3) is 6.24. The van der Waals surface area contributed by atoms with Gasteiger partial charge in [0.2, 0.25) is 11.8 Å². The van der Waals surface area contributed by atoms with Crippen molar-refractivity contribution in [2.75, 3.05) is 18.4 Å². The van der Waals surface area contributed by atoms with Gasteiger partial charge in [0.15, 0.2) is 0 Å². The van der Waals surface area contributed by atoms with E-state index in [4.69, 9.17) is 24.5 Å². The molecule has 0 aromatic carbocycles. The van der Waals surface area contributed by atoms with Crippen LogP contribution in [0, 0.1) is 23.2 Å². The molecule has 5 N–H and O–H groups in total. The van der Waals surface area contributed by atoms with Gasteiger partial charge in [-0.25, -0.2) is 9.55 Å². The van der Waals surface area contributed by atoms with E-state index in [0.29, 0.717) is 18.9 Å². The van der Waals surface area contributed by atoms with Crippen LogP contribution in [0.15, 0.2) is 24.4 Å². The molecule has 0 bridgehead atoms. The molecule has 12 heteroatoms. The summed E-state index contributed by atoms with van der Waals surface area (Å²) in [5, 5.41) is 12.7. The number of fused-ring (bicyclic) bond motifs is 1. The second-order valence-corrected chi connectivity index (χ2v) is 8.79. The molecule has 1 aliphatic heterocycles. The maximum atomic E-state index is 12.1. The molecular formula is C20H24N5O6P. The topological polar surface area (TPSA) is 180 Å². The van der Waals surface area contributed by atoms with E-state index in [1.807, 2.05) is 30.5 Å². The number of H-pyrrole nitrogens is 1. The van der Waals surface area contributed by atoms with Crippen molar-refractivity contribution in [2.24, 2.45) is 11.8 Å². The molecule has 0 radical (unpaired) electrons. The summed E-state index contributed by atoms with van der Waals surface area (Å²) in [6.45, 7) is 3.13. The smallest absolute Gasteiger partial charge is 0.346 e. The van der Waals surface area contributed by atoms with Crippen LogP contribution in [0.4, 0.5) is 5.82 Å². The fraction of sp³-hybridized carbons (Fsp3) is 0.400. The SMILES string of the molecule is C[C@@H]1CN(C(=O)CC#N)CC=C1c1cc(NC(=O)C2CC2)nc2[nH]ccc12.O=P(O)(O)O. The van der Waals surface area contributed by atoms with Crippen LogP contribution in [0.25, 0.3) is 16.6 Å². The molecule has 0 unspecified atom stereocenters. The lowest BCUT2D eigenvalue weighted by Gasteiger charge is -2.31. The van der Waals surface area contributed by atoms with Crippen molar-refractivity contribution in [3.63, 3.8) is 0 Å². The maximum Gasteiger partial charge on any atom is 0.466 e. The zero-order valence-corrected chi connectivity index (χ0v) is 18.2. The first-order chi connectivity index (χ1) is 15.1.